The Labute approximate surface area is 198 Å². The van der Waals surface area contributed by atoms with Gasteiger partial charge in [-0.1, -0.05) is 66.7 Å². The van der Waals surface area contributed by atoms with E-state index < -0.39 is 12.1 Å². The molecule has 1 aliphatic rings. The molecule has 4 aromatic rings. The maximum Gasteiger partial charge on any atom is 0.319 e. The molecule has 34 heavy (non-hydrogen) atoms. The van der Waals surface area contributed by atoms with Gasteiger partial charge in [-0.2, -0.15) is 0 Å². The molecule has 0 bridgehead atoms. The molecule has 1 fully saturated rings. The highest BCUT2D eigenvalue weighted by atomic mass is 16.2. The fraction of sp³-hybridized carbons (Fsp3) is 0.214. The number of benzene rings is 3. The minimum absolute atomic E-state index is 0.00541. The number of carbonyl (C=O) groups is 2. The van der Waals surface area contributed by atoms with E-state index in [1.54, 1.807) is 0 Å². The van der Waals surface area contributed by atoms with Crippen LogP contribution in [0, 0.1) is 0 Å². The summed E-state index contributed by atoms with van der Waals surface area (Å²) in [5.41, 5.74) is 3.91. The van der Waals surface area contributed by atoms with Crippen LogP contribution in [-0.4, -0.2) is 29.5 Å². The molecule has 1 atom stereocenters. The molecule has 0 radical (unpaired) electrons. The second kappa shape index (κ2) is 9.43. The van der Waals surface area contributed by atoms with Crippen molar-refractivity contribution in [2.24, 2.45) is 0 Å². The summed E-state index contributed by atoms with van der Waals surface area (Å²) in [4.78, 5) is 29.3. The summed E-state index contributed by atoms with van der Waals surface area (Å²) in [6, 6.07) is 26.4. The quantitative estimate of drug-likeness (QED) is 0.311. The van der Waals surface area contributed by atoms with Crippen LogP contribution in [0.1, 0.15) is 24.0 Å². The molecule has 5 rings (SSSR count). The zero-order valence-electron chi connectivity index (χ0n) is 18.9. The Bertz CT molecular complexity index is 1280. The molecule has 1 heterocycles. The lowest BCUT2D eigenvalue weighted by Gasteiger charge is -2.22. The van der Waals surface area contributed by atoms with Crippen LogP contribution in [0.4, 0.5) is 10.5 Å². The third kappa shape index (κ3) is 4.81. The van der Waals surface area contributed by atoms with Gasteiger partial charge in [0.2, 0.25) is 5.91 Å². The van der Waals surface area contributed by atoms with Gasteiger partial charge in [0.25, 0.3) is 0 Å². The average Bonchev–Trinajstić information content (AvgIpc) is 3.57. The molecule has 1 aliphatic carbocycles. The van der Waals surface area contributed by atoms with Crippen LogP contribution in [0.5, 0.6) is 0 Å². The van der Waals surface area contributed by atoms with Gasteiger partial charge in [0.15, 0.2) is 0 Å². The zero-order valence-corrected chi connectivity index (χ0v) is 18.9. The molecule has 6 heteroatoms. The Kier molecular flexibility index (Phi) is 6.04. The number of hydrogen-bond donors (Lipinski definition) is 4. The van der Waals surface area contributed by atoms with Crippen molar-refractivity contribution in [3.63, 3.8) is 0 Å². The molecule has 1 aromatic heterocycles. The summed E-state index contributed by atoms with van der Waals surface area (Å²) in [5.74, 6) is -0.185. The van der Waals surface area contributed by atoms with Gasteiger partial charge in [-0.05, 0) is 42.2 Å². The number of aromatic amines is 1. The fourth-order valence-corrected chi connectivity index (χ4v) is 4.47. The molecular formula is C28H28N4O2. The van der Waals surface area contributed by atoms with Crippen LogP contribution in [0.15, 0.2) is 91.1 Å². The first-order valence-electron chi connectivity index (χ1n) is 11.6. The van der Waals surface area contributed by atoms with Gasteiger partial charge >= 0.3 is 6.03 Å². The lowest BCUT2D eigenvalue weighted by Crippen LogP contribution is -2.50. The lowest BCUT2D eigenvalue weighted by atomic mass is 9.95. The van der Waals surface area contributed by atoms with E-state index in [0.717, 1.165) is 29.3 Å². The standard InChI is InChI=1S/C28H28N4O2/c33-26(30-19-28(15-16-28)21-9-3-1-4-10-21)25(32-27(34)31-22-11-5-2-6-12-22)17-20-18-29-24-14-8-7-13-23(20)24/h1-14,18,25,29H,15-17,19H2,(H,30,33)(H2,31,32,34)/t25-/m0/s1. The van der Waals surface area contributed by atoms with Crippen molar-refractivity contribution in [3.8, 4) is 0 Å². The van der Waals surface area contributed by atoms with Crippen LogP contribution in [0.2, 0.25) is 0 Å². The van der Waals surface area contributed by atoms with E-state index in [4.69, 9.17) is 0 Å². The zero-order chi connectivity index (χ0) is 23.4. The second-order valence-electron chi connectivity index (χ2n) is 8.94. The number of amides is 3. The molecule has 4 N–H and O–H groups in total. The van der Waals surface area contributed by atoms with Crippen LogP contribution in [0.3, 0.4) is 0 Å². The number of aromatic nitrogens is 1. The van der Waals surface area contributed by atoms with E-state index in [0.29, 0.717) is 18.7 Å². The first-order valence-corrected chi connectivity index (χ1v) is 11.6. The highest BCUT2D eigenvalue weighted by molar-refractivity contribution is 5.94. The average molecular weight is 453 g/mol. The van der Waals surface area contributed by atoms with Crippen molar-refractivity contribution in [1.29, 1.82) is 0 Å². The van der Waals surface area contributed by atoms with E-state index >= 15 is 0 Å². The number of carbonyl (C=O) groups excluding carboxylic acids is 2. The van der Waals surface area contributed by atoms with E-state index in [2.05, 4.69) is 33.1 Å². The molecule has 172 valence electrons. The first-order chi connectivity index (χ1) is 16.6. The van der Waals surface area contributed by atoms with Gasteiger partial charge in [0.1, 0.15) is 6.04 Å². The molecule has 1 saturated carbocycles. The van der Waals surface area contributed by atoms with Gasteiger partial charge in [-0.3, -0.25) is 4.79 Å². The van der Waals surface area contributed by atoms with Crippen molar-refractivity contribution in [3.05, 3.63) is 102 Å². The fourth-order valence-electron chi connectivity index (χ4n) is 4.47. The summed E-state index contributed by atoms with van der Waals surface area (Å²) in [5, 5.41) is 9.88. The Morgan fingerprint density at radius 1 is 0.882 bits per heavy atom. The summed E-state index contributed by atoms with van der Waals surface area (Å²) in [7, 11) is 0. The molecular weight excluding hydrogens is 424 g/mol. The third-order valence-corrected chi connectivity index (χ3v) is 6.59. The molecule has 6 nitrogen and oxygen atoms in total. The molecule has 0 saturated heterocycles. The van der Waals surface area contributed by atoms with E-state index in [1.807, 2.05) is 79.0 Å². The predicted octanol–water partition coefficient (Wildman–Crippen LogP) is 4.75. The van der Waals surface area contributed by atoms with Crippen molar-refractivity contribution in [2.45, 2.75) is 30.7 Å². The highest BCUT2D eigenvalue weighted by Crippen LogP contribution is 2.47. The van der Waals surface area contributed by atoms with Crippen LogP contribution in [-0.2, 0) is 16.6 Å². The summed E-state index contributed by atoms with van der Waals surface area (Å²) < 4.78 is 0. The SMILES string of the molecule is O=C(Nc1ccccc1)N[C@@H](Cc1c[nH]c2ccccc12)C(=O)NCC1(c2ccccc2)CC1. The third-order valence-electron chi connectivity index (χ3n) is 6.59. The number of nitrogens with one attached hydrogen (secondary N) is 4. The lowest BCUT2D eigenvalue weighted by molar-refractivity contribution is -0.123. The summed E-state index contributed by atoms with van der Waals surface area (Å²) in [6.45, 7) is 0.558. The second-order valence-corrected chi connectivity index (χ2v) is 8.94. The summed E-state index contributed by atoms with van der Waals surface area (Å²) in [6.07, 6.45) is 4.39. The number of anilines is 1. The van der Waals surface area contributed by atoms with E-state index in [1.165, 1.54) is 5.56 Å². The van der Waals surface area contributed by atoms with E-state index in [-0.39, 0.29) is 11.3 Å². The number of hydrogen-bond acceptors (Lipinski definition) is 2. The first kappa shape index (κ1) is 21.8. The number of urea groups is 1. The molecule has 0 aliphatic heterocycles. The number of H-pyrrole nitrogens is 1. The van der Waals surface area contributed by atoms with Gasteiger partial charge in [-0.15, -0.1) is 0 Å². The topological polar surface area (TPSA) is 86.0 Å². The number of fused-ring (bicyclic) bond motifs is 1. The van der Waals surface area contributed by atoms with Crippen LogP contribution in [0.25, 0.3) is 10.9 Å². The van der Waals surface area contributed by atoms with Crippen LogP contribution < -0.4 is 16.0 Å². The highest BCUT2D eigenvalue weighted by Gasteiger charge is 2.44. The molecule has 3 amide bonds. The largest absolute Gasteiger partial charge is 0.361 e. The Hall–Kier alpha value is -4.06. The maximum atomic E-state index is 13.3. The monoisotopic (exact) mass is 452 g/mol. The number of para-hydroxylation sites is 2. The minimum atomic E-state index is -0.713. The molecule has 3 aromatic carbocycles. The van der Waals surface area contributed by atoms with Crippen molar-refractivity contribution in [2.75, 3.05) is 11.9 Å². The van der Waals surface area contributed by atoms with E-state index in [9.17, 15) is 9.59 Å². The predicted molar refractivity (Wildman–Crippen MR) is 135 cm³/mol. The smallest absolute Gasteiger partial charge is 0.319 e. The maximum absolute atomic E-state index is 13.3. The Balaban J connectivity index is 1.31. The Morgan fingerprint density at radius 3 is 2.29 bits per heavy atom. The van der Waals surface area contributed by atoms with Crippen molar-refractivity contribution >= 4 is 28.5 Å². The minimum Gasteiger partial charge on any atom is -0.361 e. The Morgan fingerprint density at radius 2 is 1.56 bits per heavy atom. The van der Waals surface area contributed by atoms with Gasteiger partial charge in [0.05, 0.1) is 0 Å². The van der Waals surface area contributed by atoms with Crippen molar-refractivity contribution in [1.82, 2.24) is 15.6 Å². The van der Waals surface area contributed by atoms with Crippen LogP contribution >= 0.6 is 0 Å². The normalized spacial score (nSPS) is 14.8. The van der Waals surface area contributed by atoms with Crippen molar-refractivity contribution < 1.29 is 9.59 Å². The molecule has 0 unspecified atom stereocenters. The number of rotatable bonds is 8. The van der Waals surface area contributed by atoms with Gasteiger partial charge in [-0.25, -0.2) is 4.79 Å². The summed E-state index contributed by atoms with van der Waals surface area (Å²) >= 11 is 0. The van der Waals surface area contributed by atoms with Gasteiger partial charge in [0, 0.05) is 41.2 Å². The van der Waals surface area contributed by atoms with Gasteiger partial charge < -0.3 is 20.9 Å². The molecule has 0 spiro atoms.